The summed E-state index contributed by atoms with van der Waals surface area (Å²) in [6.45, 7) is 8.32. The molecule has 0 bridgehead atoms. The molecule has 3 rings (SSSR count). The third-order valence-electron chi connectivity index (χ3n) is 5.29. The third kappa shape index (κ3) is 5.53. The van der Waals surface area contributed by atoms with E-state index in [1.807, 2.05) is 0 Å². The fourth-order valence-electron chi connectivity index (χ4n) is 3.70. The van der Waals surface area contributed by atoms with Crippen LogP contribution in [0, 0.1) is 18.8 Å². The average molecular weight is 351 g/mol. The molecular weight excluding hydrogens is 320 g/mol. The molecule has 0 spiro atoms. The van der Waals surface area contributed by atoms with Crippen molar-refractivity contribution in [1.82, 2.24) is 20.5 Å². The molecule has 0 saturated carbocycles. The lowest BCUT2D eigenvalue weighted by Gasteiger charge is -2.31. The summed E-state index contributed by atoms with van der Waals surface area (Å²) in [4.78, 5) is 19.0. The van der Waals surface area contributed by atoms with Crippen molar-refractivity contribution in [3.63, 3.8) is 0 Å². The minimum Gasteiger partial charge on any atom is -0.356 e. The first kappa shape index (κ1) is 17.8. The van der Waals surface area contributed by atoms with Gasteiger partial charge in [0.15, 0.2) is 0 Å². The molecule has 134 valence electrons. The van der Waals surface area contributed by atoms with Crippen LogP contribution in [0.1, 0.15) is 42.8 Å². The van der Waals surface area contributed by atoms with Gasteiger partial charge in [-0.15, -0.1) is 11.3 Å². The van der Waals surface area contributed by atoms with Crippen LogP contribution >= 0.6 is 11.3 Å². The Labute approximate surface area is 149 Å². The van der Waals surface area contributed by atoms with Crippen LogP contribution in [-0.4, -0.2) is 48.5 Å². The van der Waals surface area contributed by atoms with Crippen LogP contribution in [0.25, 0.3) is 0 Å². The van der Waals surface area contributed by atoms with Gasteiger partial charge in [0.1, 0.15) is 0 Å². The lowest BCUT2D eigenvalue weighted by molar-refractivity contribution is -0.121. The Morgan fingerprint density at radius 1 is 1.38 bits per heavy atom. The summed E-state index contributed by atoms with van der Waals surface area (Å²) in [6, 6.07) is 0. The van der Waals surface area contributed by atoms with Crippen molar-refractivity contribution in [2.75, 3.05) is 32.7 Å². The van der Waals surface area contributed by atoms with Crippen molar-refractivity contribution < 1.29 is 4.79 Å². The highest BCUT2D eigenvalue weighted by molar-refractivity contribution is 7.09. The second kappa shape index (κ2) is 8.92. The number of carbonyl (C=O) groups is 1. The second-order valence-corrected chi connectivity index (χ2v) is 8.34. The molecule has 1 aromatic heterocycles. The van der Waals surface area contributed by atoms with E-state index in [0.29, 0.717) is 18.3 Å². The van der Waals surface area contributed by atoms with Gasteiger partial charge in [-0.25, -0.2) is 4.98 Å². The maximum atomic E-state index is 12.0. The van der Waals surface area contributed by atoms with Crippen LogP contribution in [0.4, 0.5) is 0 Å². The number of carbonyl (C=O) groups excluding carboxylic acids is 1. The highest BCUT2D eigenvalue weighted by atomic mass is 32.1. The standard InChI is InChI=1S/C18H30N4OS/c1-14-21-17(13-24-14)12-22-8-5-16(6-9-22)11-20-18(23)3-2-15-4-7-19-10-15/h13,15-16,19H,2-12H2,1H3,(H,20,23). The van der Waals surface area contributed by atoms with Crippen molar-refractivity contribution in [2.45, 2.75) is 45.6 Å². The van der Waals surface area contributed by atoms with Crippen LogP contribution in [0.2, 0.25) is 0 Å². The first-order valence-corrected chi connectivity index (χ1v) is 10.2. The van der Waals surface area contributed by atoms with Crippen molar-refractivity contribution in [2.24, 2.45) is 11.8 Å². The lowest BCUT2D eigenvalue weighted by atomic mass is 9.96. The normalized spacial score (nSPS) is 22.8. The number of amides is 1. The fourth-order valence-corrected chi connectivity index (χ4v) is 4.31. The predicted molar refractivity (Wildman–Crippen MR) is 98.1 cm³/mol. The third-order valence-corrected chi connectivity index (χ3v) is 6.11. The molecule has 5 nitrogen and oxygen atoms in total. The summed E-state index contributed by atoms with van der Waals surface area (Å²) in [7, 11) is 0. The highest BCUT2D eigenvalue weighted by Gasteiger charge is 2.21. The zero-order chi connectivity index (χ0) is 16.8. The van der Waals surface area contributed by atoms with E-state index >= 15 is 0 Å². The van der Waals surface area contributed by atoms with E-state index in [9.17, 15) is 4.79 Å². The van der Waals surface area contributed by atoms with Gasteiger partial charge in [-0.1, -0.05) is 0 Å². The monoisotopic (exact) mass is 350 g/mol. The summed E-state index contributed by atoms with van der Waals surface area (Å²) in [5, 5.41) is 9.84. The van der Waals surface area contributed by atoms with Gasteiger partial charge in [0.2, 0.25) is 5.91 Å². The van der Waals surface area contributed by atoms with E-state index in [2.05, 4.69) is 32.8 Å². The summed E-state index contributed by atoms with van der Waals surface area (Å²) in [5.74, 6) is 1.58. The number of aryl methyl sites for hydroxylation is 1. The molecule has 2 saturated heterocycles. The van der Waals surface area contributed by atoms with Gasteiger partial charge < -0.3 is 10.6 Å². The number of likely N-dealkylation sites (tertiary alicyclic amines) is 1. The number of nitrogens with zero attached hydrogens (tertiary/aromatic N) is 2. The van der Waals surface area contributed by atoms with Crippen LogP contribution in [0.15, 0.2) is 5.38 Å². The smallest absolute Gasteiger partial charge is 0.220 e. The van der Waals surface area contributed by atoms with Gasteiger partial charge in [0.25, 0.3) is 0 Å². The van der Waals surface area contributed by atoms with Crippen molar-refractivity contribution in [1.29, 1.82) is 0 Å². The van der Waals surface area contributed by atoms with Crippen LogP contribution < -0.4 is 10.6 Å². The van der Waals surface area contributed by atoms with E-state index in [1.165, 1.54) is 25.0 Å². The fraction of sp³-hybridized carbons (Fsp3) is 0.778. The number of hydrogen-bond donors (Lipinski definition) is 2. The number of aromatic nitrogens is 1. The molecule has 1 unspecified atom stereocenters. The summed E-state index contributed by atoms with van der Waals surface area (Å²) < 4.78 is 0. The van der Waals surface area contributed by atoms with E-state index in [0.717, 1.165) is 50.7 Å². The van der Waals surface area contributed by atoms with E-state index < -0.39 is 0 Å². The first-order valence-electron chi connectivity index (χ1n) is 9.30. The summed E-state index contributed by atoms with van der Waals surface area (Å²) in [6.07, 6.45) is 5.30. The minimum atomic E-state index is 0.238. The maximum Gasteiger partial charge on any atom is 0.220 e. The number of rotatable bonds is 7. The molecule has 0 aromatic carbocycles. The highest BCUT2D eigenvalue weighted by Crippen LogP contribution is 2.19. The van der Waals surface area contributed by atoms with E-state index in [1.54, 1.807) is 11.3 Å². The number of piperidine rings is 1. The summed E-state index contributed by atoms with van der Waals surface area (Å²) in [5.41, 5.74) is 1.20. The molecule has 1 atom stereocenters. The van der Waals surface area contributed by atoms with Crippen LogP contribution in [0.5, 0.6) is 0 Å². The van der Waals surface area contributed by atoms with Gasteiger partial charge in [-0.3, -0.25) is 9.69 Å². The number of hydrogen-bond acceptors (Lipinski definition) is 5. The van der Waals surface area contributed by atoms with Crippen molar-refractivity contribution in [3.05, 3.63) is 16.1 Å². The molecule has 0 aliphatic carbocycles. The molecule has 24 heavy (non-hydrogen) atoms. The molecule has 6 heteroatoms. The molecule has 1 amide bonds. The van der Waals surface area contributed by atoms with Crippen LogP contribution in [0.3, 0.4) is 0 Å². The van der Waals surface area contributed by atoms with Gasteiger partial charge in [-0.2, -0.15) is 0 Å². The Hall–Kier alpha value is -0.980. The quantitative estimate of drug-likeness (QED) is 0.791. The summed E-state index contributed by atoms with van der Waals surface area (Å²) >= 11 is 1.73. The molecule has 2 aliphatic heterocycles. The number of thiazole rings is 1. The van der Waals surface area contributed by atoms with E-state index in [-0.39, 0.29) is 5.91 Å². The zero-order valence-electron chi connectivity index (χ0n) is 14.7. The molecule has 2 N–H and O–H groups in total. The molecule has 3 heterocycles. The topological polar surface area (TPSA) is 57.3 Å². The molecule has 1 aromatic rings. The Morgan fingerprint density at radius 2 is 2.21 bits per heavy atom. The Morgan fingerprint density at radius 3 is 2.88 bits per heavy atom. The minimum absolute atomic E-state index is 0.238. The van der Waals surface area contributed by atoms with Gasteiger partial charge in [0.05, 0.1) is 10.7 Å². The maximum absolute atomic E-state index is 12.0. The lowest BCUT2D eigenvalue weighted by Crippen LogP contribution is -2.38. The average Bonchev–Trinajstić information content (AvgIpc) is 3.24. The van der Waals surface area contributed by atoms with Gasteiger partial charge in [-0.05, 0) is 70.6 Å². The van der Waals surface area contributed by atoms with Crippen molar-refractivity contribution >= 4 is 17.2 Å². The predicted octanol–water partition coefficient (Wildman–Crippen LogP) is 2.17. The second-order valence-electron chi connectivity index (χ2n) is 7.28. The zero-order valence-corrected chi connectivity index (χ0v) is 15.5. The molecule has 0 radical (unpaired) electrons. The Kier molecular flexibility index (Phi) is 6.63. The van der Waals surface area contributed by atoms with Crippen molar-refractivity contribution in [3.8, 4) is 0 Å². The number of nitrogens with one attached hydrogen (secondary N) is 2. The van der Waals surface area contributed by atoms with Gasteiger partial charge >= 0.3 is 0 Å². The van der Waals surface area contributed by atoms with Gasteiger partial charge in [0, 0.05) is 24.9 Å². The molecular formula is C18H30N4OS. The van der Waals surface area contributed by atoms with E-state index in [4.69, 9.17) is 0 Å². The molecule has 2 fully saturated rings. The first-order chi connectivity index (χ1) is 11.7. The SMILES string of the molecule is Cc1nc(CN2CCC(CNC(=O)CCC3CCNC3)CC2)cs1. The Balaban J connectivity index is 1.28. The molecule has 2 aliphatic rings. The van der Waals surface area contributed by atoms with Crippen LogP contribution in [-0.2, 0) is 11.3 Å². The largest absolute Gasteiger partial charge is 0.356 e. The Bertz CT molecular complexity index is 519.